The van der Waals surface area contributed by atoms with E-state index in [0.717, 1.165) is 30.9 Å². The maximum atomic E-state index is 5.57. The van der Waals surface area contributed by atoms with E-state index < -0.39 is 0 Å². The number of rotatable bonds is 8. The first-order chi connectivity index (χ1) is 10.2. The molecule has 2 rings (SSSR count). The standard InChI is InChI=1S/C16H22N4O/c1-13(2)9-17-10-15-11-20-16(12-19-15)21-8-6-14-5-3-4-7-18-14/h3-5,7,11-13,17H,6,8-10H2,1-2H3. The first-order valence-electron chi connectivity index (χ1n) is 7.28. The zero-order valence-electron chi connectivity index (χ0n) is 12.6. The molecule has 0 aliphatic heterocycles. The van der Waals surface area contributed by atoms with Crippen LogP contribution in [-0.2, 0) is 13.0 Å². The van der Waals surface area contributed by atoms with E-state index in [9.17, 15) is 0 Å². The van der Waals surface area contributed by atoms with Gasteiger partial charge in [0.05, 0.1) is 24.7 Å². The van der Waals surface area contributed by atoms with Gasteiger partial charge in [-0.25, -0.2) is 4.98 Å². The zero-order valence-corrected chi connectivity index (χ0v) is 12.6. The van der Waals surface area contributed by atoms with Gasteiger partial charge in [-0.3, -0.25) is 9.97 Å². The molecule has 0 fully saturated rings. The Hall–Kier alpha value is -2.01. The fourth-order valence-corrected chi connectivity index (χ4v) is 1.80. The quantitative estimate of drug-likeness (QED) is 0.806. The summed E-state index contributed by atoms with van der Waals surface area (Å²) in [6.07, 6.45) is 5.97. The predicted molar refractivity (Wildman–Crippen MR) is 82.0 cm³/mol. The molecule has 0 aliphatic carbocycles. The van der Waals surface area contributed by atoms with Crippen LogP contribution in [0.5, 0.6) is 5.88 Å². The van der Waals surface area contributed by atoms with Gasteiger partial charge in [0, 0.05) is 24.9 Å². The van der Waals surface area contributed by atoms with Crippen LogP contribution in [0.1, 0.15) is 25.2 Å². The summed E-state index contributed by atoms with van der Waals surface area (Å²) in [5.74, 6) is 1.19. The van der Waals surface area contributed by atoms with Gasteiger partial charge >= 0.3 is 0 Å². The van der Waals surface area contributed by atoms with Gasteiger partial charge in [0.15, 0.2) is 0 Å². The minimum absolute atomic E-state index is 0.552. The molecular formula is C16H22N4O. The molecule has 21 heavy (non-hydrogen) atoms. The molecule has 0 aliphatic rings. The molecule has 2 aromatic heterocycles. The van der Waals surface area contributed by atoms with Crippen molar-refractivity contribution in [3.63, 3.8) is 0 Å². The van der Waals surface area contributed by atoms with Gasteiger partial charge in [-0.1, -0.05) is 19.9 Å². The Morgan fingerprint density at radius 3 is 2.67 bits per heavy atom. The van der Waals surface area contributed by atoms with Crippen LogP contribution in [0.4, 0.5) is 0 Å². The first kappa shape index (κ1) is 15.4. The summed E-state index contributed by atoms with van der Waals surface area (Å²) < 4.78 is 5.57. The molecule has 0 radical (unpaired) electrons. The second kappa shape index (κ2) is 8.32. The van der Waals surface area contributed by atoms with E-state index >= 15 is 0 Å². The van der Waals surface area contributed by atoms with Crippen molar-refractivity contribution in [1.82, 2.24) is 20.3 Å². The molecular weight excluding hydrogens is 264 g/mol. The molecule has 0 saturated carbocycles. The Balaban J connectivity index is 1.72. The molecule has 1 N–H and O–H groups in total. The molecule has 0 aromatic carbocycles. The van der Waals surface area contributed by atoms with Crippen molar-refractivity contribution >= 4 is 0 Å². The molecule has 2 aromatic rings. The molecule has 112 valence electrons. The molecule has 0 atom stereocenters. The van der Waals surface area contributed by atoms with Crippen molar-refractivity contribution in [2.24, 2.45) is 5.92 Å². The lowest BCUT2D eigenvalue weighted by atomic mass is 10.2. The molecule has 0 spiro atoms. The highest BCUT2D eigenvalue weighted by Gasteiger charge is 2.00. The lowest BCUT2D eigenvalue weighted by Crippen LogP contribution is -2.19. The van der Waals surface area contributed by atoms with Crippen molar-refractivity contribution < 1.29 is 4.74 Å². The topological polar surface area (TPSA) is 59.9 Å². The van der Waals surface area contributed by atoms with Crippen LogP contribution in [0, 0.1) is 5.92 Å². The highest BCUT2D eigenvalue weighted by atomic mass is 16.5. The lowest BCUT2D eigenvalue weighted by molar-refractivity contribution is 0.306. The highest BCUT2D eigenvalue weighted by molar-refractivity contribution is 5.08. The van der Waals surface area contributed by atoms with Gasteiger partial charge in [-0.2, -0.15) is 0 Å². The van der Waals surface area contributed by atoms with Gasteiger partial charge in [0.2, 0.25) is 5.88 Å². The SMILES string of the molecule is CC(C)CNCc1cnc(OCCc2ccccn2)cn1. The minimum Gasteiger partial charge on any atom is -0.476 e. The Labute approximate surface area is 125 Å². The average molecular weight is 286 g/mol. The number of nitrogens with zero attached hydrogens (tertiary/aromatic N) is 3. The monoisotopic (exact) mass is 286 g/mol. The van der Waals surface area contributed by atoms with Gasteiger partial charge in [-0.15, -0.1) is 0 Å². The molecule has 5 heteroatoms. The zero-order chi connectivity index (χ0) is 14.9. The van der Waals surface area contributed by atoms with E-state index in [0.29, 0.717) is 18.4 Å². The second-order valence-electron chi connectivity index (χ2n) is 5.29. The van der Waals surface area contributed by atoms with Crippen LogP contribution in [0.25, 0.3) is 0 Å². The van der Waals surface area contributed by atoms with Gasteiger partial charge in [0.1, 0.15) is 0 Å². The van der Waals surface area contributed by atoms with Crippen LogP contribution < -0.4 is 10.1 Å². The molecule has 0 unspecified atom stereocenters. The van der Waals surface area contributed by atoms with Crippen LogP contribution in [0.2, 0.25) is 0 Å². The van der Waals surface area contributed by atoms with E-state index in [-0.39, 0.29) is 0 Å². The number of hydrogen-bond donors (Lipinski definition) is 1. The number of nitrogens with one attached hydrogen (secondary N) is 1. The maximum Gasteiger partial charge on any atom is 0.232 e. The van der Waals surface area contributed by atoms with Crippen molar-refractivity contribution in [1.29, 1.82) is 0 Å². The van der Waals surface area contributed by atoms with E-state index in [1.54, 1.807) is 18.6 Å². The number of ether oxygens (including phenoxy) is 1. The Bertz CT molecular complexity index is 514. The third-order valence-corrected chi connectivity index (χ3v) is 2.87. The van der Waals surface area contributed by atoms with E-state index in [2.05, 4.69) is 34.1 Å². The summed E-state index contributed by atoms with van der Waals surface area (Å²) >= 11 is 0. The number of aromatic nitrogens is 3. The third kappa shape index (κ3) is 5.87. The fraction of sp³-hybridized carbons (Fsp3) is 0.438. The van der Waals surface area contributed by atoms with Crippen molar-refractivity contribution in [2.75, 3.05) is 13.2 Å². The summed E-state index contributed by atoms with van der Waals surface area (Å²) in [7, 11) is 0. The molecule has 5 nitrogen and oxygen atoms in total. The summed E-state index contributed by atoms with van der Waals surface area (Å²) in [6, 6.07) is 5.86. The average Bonchev–Trinajstić information content (AvgIpc) is 2.50. The summed E-state index contributed by atoms with van der Waals surface area (Å²) in [5, 5.41) is 3.33. The number of hydrogen-bond acceptors (Lipinski definition) is 5. The van der Waals surface area contributed by atoms with Gasteiger partial charge in [0.25, 0.3) is 0 Å². The molecule has 2 heterocycles. The molecule has 0 saturated heterocycles. The summed E-state index contributed by atoms with van der Waals surface area (Å²) in [4.78, 5) is 12.8. The largest absolute Gasteiger partial charge is 0.476 e. The fourth-order valence-electron chi connectivity index (χ4n) is 1.80. The van der Waals surface area contributed by atoms with Crippen LogP contribution in [0.3, 0.4) is 0 Å². The first-order valence-corrected chi connectivity index (χ1v) is 7.28. The van der Waals surface area contributed by atoms with E-state index in [4.69, 9.17) is 4.74 Å². The van der Waals surface area contributed by atoms with Crippen LogP contribution in [-0.4, -0.2) is 28.1 Å². The third-order valence-electron chi connectivity index (χ3n) is 2.87. The predicted octanol–water partition coefficient (Wildman–Crippen LogP) is 2.24. The Kier molecular flexibility index (Phi) is 6.09. The van der Waals surface area contributed by atoms with Gasteiger partial charge < -0.3 is 10.1 Å². The van der Waals surface area contributed by atoms with Crippen molar-refractivity contribution in [2.45, 2.75) is 26.8 Å². The van der Waals surface area contributed by atoms with E-state index in [1.165, 1.54) is 0 Å². The van der Waals surface area contributed by atoms with Crippen LogP contribution in [0.15, 0.2) is 36.8 Å². The maximum absolute atomic E-state index is 5.57. The highest BCUT2D eigenvalue weighted by Crippen LogP contribution is 2.05. The Morgan fingerprint density at radius 2 is 2.00 bits per heavy atom. The smallest absolute Gasteiger partial charge is 0.232 e. The lowest BCUT2D eigenvalue weighted by Gasteiger charge is -2.08. The summed E-state index contributed by atoms with van der Waals surface area (Å²) in [6.45, 7) is 6.62. The summed E-state index contributed by atoms with van der Waals surface area (Å²) in [5.41, 5.74) is 1.94. The van der Waals surface area contributed by atoms with Crippen molar-refractivity contribution in [3.8, 4) is 5.88 Å². The second-order valence-corrected chi connectivity index (χ2v) is 5.29. The number of pyridine rings is 1. The molecule has 0 bridgehead atoms. The normalized spacial score (nSPS) is 10.8. The minimum atomic E-state index is 0.552. The van der Waals surface area contributed by atoms with Crippen molar-refractivity contribution in [3.05, 3.63) is 48.2 Å². The van der Waals surface area contributed by atoms with Crippen LogP contribution >= 0.6 is 0 Å². The van der Waals surface area contributed by atoms with E-state index in [1.807, 2.05) is 18.2 Å². The molecule has 0 amide bonds. The Morgan fingerprint density at radius 1 is 1.10 bits per heavy atom. The van der Waals surface area contributed by atoms with Gasteiger partial charge in [-0.05, 0) is 24.6 Å².